The van der Waals surface area contributed by atoms with Crippen LogP contribution < -0.4 is 10.1 Å². The molecule has 1 aromatic rings. The smallest absolute Gasteiger partial charge is 0.119 e. The van der Waals surface area contributed by atoms with E-state index >= 15 is 0 Å². The van der Waals surface area contributed by atoms with Crippen LogP contribution in [0.4, 0.5) is 0 Å². The van der Waals surface area contributed by atoms with Crippen molar-refractivity contribution < 1.29 is 4.74 Å². The molecule has 0 radical (unpaired) electrons. The van der Waals surface area contributed by atoms with Crippen molar-refractivity contribution in [3.8, 4) is 5.75 Å². The lowest BCUT2D eigenvalue weighted by Gasteiger charge is -2.44. The summed E-state index contributed by atoms with van der Waals surface area (Å²) >= 11 is 0. The van der Waals surface area contributed by atoms with Crippen LogP contribution in [0.5, 0.6) is 5.75 Å². The van der Waals surface area contributed by atoms with E-state index in [-0.39, 0.29) is 0 Å². The van der Waals surface area contributed by atoms with Gasteiger partial charge < -0.3 is 10.1 Å². The minimum absolute atomic E-state index is 0.550. The predicted octanol–water partition coefficient (Wildman–Crippen LogP) is 3.48. The third-order valence-electron chi connectivity index (χ3n) is 3.70. The number of para-hydroxylation sites is 1. The average molecular weight is 247 g/mol. The van der Waals surface area contributed by atoms with Crippen LogP contribution in [0.25, 0.3) is 0 Å². The first kappa shape index (κ1) is 13.4. The molecular weight excluding hydrogens is 222 g/mol. The first-order valence-electron chi connectivity index (χ1n) is 7.09. The largest absolute Gasteiger partial charge is 0.494 e. The van der Waals surface area contributed by atoms with Gasteiger partial charge in [0.2, 0.25) is 0 Å². The van der Waals surface area contributed by atoms with Gasteiger partial charge in [-0.25, -0.2) is 0 Å². The average Bonchev–Trinajstić information content (AvgIpc) is 2.32. The summed E-state index contributed by atoms with van der Waals surface area (Å²) in [6, 6.07) is 10.1. The standard InChI is InChI=1S/C16H25NO/c1-14(2)11-16(12-17-13-16)9-6-10-18-15-7-4-3-5-8-15/h3-5,7-8,14,17H,6,9-13H2,1-2H3. The van der Waals surface area contributed by atoms with Gasteiger partial charge in [0.15, 0.2) is 0 Å². The van der Waals surface area contributed by atoms with E-state index in [1.807, 2.05) is 30.3 Å². The Morgan fingerprint density at radius 3 is 2.50 bits per heavy atom. The van der Waals surface area contributed by atoms with Gasteiger partial charge in [0, 0.05) is 13.1 Å². The molecular formula is C16H25NO. The van der Waals surface area contributed by atoms with E-state index in [1.54, 1.807) is 0 Å². The molecule has 2 rings (SSSR count). The molecule has 1 N–H and O–H groups in total. The maximum atomic E-state index is 5.75. The first-order chi connectivity index (χ1) is 8.70. The fraction of sp³-hybridized carbons (Fsp3) is 0.625. The summed E-state index contributed by atoms with van der Waals surface area (Å²) in [4.78, 5) is 0. The molecule has 0 bridgehead atoms. The number of rotatable bonds is 7. The number of ether oxygens (including phenoxy) is 1. The molecule has 2 nitrogen and oxygen atoms in total. The molecule has 0 spiro atoms. The van der Waals surface area contributed by atoms with Crippen molar-refractivity contribution in [3.63, 3.8) is 0 Å². The number of hydrogen-bond donors (Lipinski definition) is 1. The van der Waals surface area contributed by atoms with Crippen molar-refractivity contribution in [2.24, 2.45) is 11.3 Å². The molecule has 1 heterocycles. The quantitative estimate of drug-likeness (QED) is 0.745. The molecule has 0 saturated carbocycles. The van der Waals surface area contributed by atoms with Gasteiger partial charge in [-0.1, -0.05) is 32.0 Å². The summed E-state index contributed by atoms with van der Waals surface area (Å²) in [6.45, 7) is 7.86. The van der Waals surface area contributed by atoms with Gasteiger partial charge in [0.1, 0.15) is 5.75 Å². The minimum Gasteiger partial charge on any atom is -0.494 e. The lowest BCUT2D eigenvalue weighted by Crippen LogP contribution is -2.54. The Morgan fingerprint density at radius 1 is 1.22 bits per heavy atom. The fourth-order valence-electron chi connectivity index (χ4n) is 2.92. The monoisotopic (exact) mass is 247 g/mol. The Morgan fingerprint density at radius 2 is 1.94 bits per heavy atom. The Kier molecular flexibility index (Phi) is 4.65. The van der Waals surface area contributed by atoms with Gasteiger partial charge in [-0.15, -0.1) is 0 Å². The highest BCUT2D eigenvalue weighted by Gasteiger charge is 2.36. The fourth-order valence-corrected chi connectivity index (χ4v) is 2.92. The topological polar surface area (TPSA) is 21.3 Å². The van der Waals surface area contributed by atoms with Crippen LogP contribution in [0.2, 0.25) is 0 Å². The van der Waals surface area contributed by atoms with Gasteiger partial charge in [-0.3, -0.25) is 0 Å². The van der Waals surface area contributed by atoms with Crippen molar-refractivity contribution in [3.05, 3.63) is 30.3 Å². The summed E-state index contributed by atoms with van der Waals surface area (Å²) in [6.07, 6.45) is 3.78. The van der Waals surface area contributed by atoms with Crippen LogP contribution >= 0.6 is 0 Å². The molecule has 1 aliphatic rings. The summed E-state index contributed by atoms with van der Waals surface area (Å²) in [5.41, 5.74) is 0.550. The van der Waals surface area contributed by atoms with Crippen molar-refractivity contribution in [2.75, 3.05) is 19.7 Å². The molecule has 1 saturated heterocycles. The summed E-state index contributed by atoms with van der Waals surface area (Å²) in [5, 5.41) is 3.43. The third kappa shape index (κ3) is 3.74. The highest BCUT2D eigenvalue weighted by atomic mass is 16.5. The van der Waals surface area contributed by atoms with E-state index in [4.69, 9.17) is 4.74 Å². The molecule has 1 aromatic carbocycles. The Bertz CT molecular complexity index is 343. The van der Waals surface area contributed by atoms with E-state index in [0.717, 1.165) is 24.7 Å². The molecule has 0 aromatic heterocycles. The van der Waals surface area contributed by atoms with Gasteiger partial charge in [0.05, 0.1) is 6.61 Å². The van der Waals surface area contributed by atoms with Gasteiger partial charge >= 0.3 is 0 Å². The summed E-state index contributed by atoms with van der Waals surface area (Å²) in [7, 11) is 0. The lowest BCUT2D eigenvalue weighted by atomic mass is 9.72. The molecule has 1 aliphatic heterocycles. The van der Waals surface area contributed by atoms with E-state index in [1.165, 1.54) is 25.9 Å². The van der Waals surface area contributed by atoms with E-state index in [9.17, 15) is 0 Å². The second kappa shape index (κ2) is 6.24. The highest BCUT2D eigenvalue weighted by Crippen LogP contribution is 2.35. The number of benzene rings is 1. The molecule has 0 atom stereocenters. The molecule has 18 heavy (non-hydrogen) atoms. The molecule has 1 fully saturated rings. The van der Waals surface area contributed by atoms with Crippen LogP contribution in [0.3, 0.4) is 0 Å². The van der Waals surface area contributed by atoms with Gasteiger partial charge in [-0.2, -0.15) is 0 Å². The van der Waals surface area contributed by atoms with E-state index in [0.29, 0.717) is 5.41 Å². The zero-order valence-electron chi connectivity index (χ0n) is 11.6. The second-order valence-corrected chi connectivity index (χ2v) is 5.97. The van der Waals surface area contributed by atoms with Crippen molar-refractivity contribution in [2.45, 2.75) is 33.1 Å². The Hall–Kier alpha value is -1.02. The molecule has 2 heteroatoms. The minimum atomic E-state index is 0.550. The van der Waals surface area contributed by atoms with Crippen LogP contribution in [0, 0.1) is 11.3 Å². The Labute approximate surface area is 111 Å². The van der Waals surface area contributed by atoms with Gasteiger partial charge in [0.25, 0.3) is 0 Å². The van der Waals surface area contributed by atoms with Crippen LogP contribution in [0.15, 0.2) is 30.3 Å². The molecule has 0 amide bonds. The number of hydrogen-bond acceptors (Lipinski definition) is 2. The van der Waals surface area contributed by atoms with Crippen molar-refractivity contribution in [1.82, 2.24) is 5.32 Å². The third-order valence-corrected chi connectivity index (χ3v) is 3.70. The van der Waals surface area contributed by atoms with Crippen LogP contribution in [-0.2, 0) is 0 Å². The van der Waals surface area contributed by atoms with Gasteiger partial charge in [-0.05, 0) is 42.7 Å². The summed E-state index contributed by atoms with van der Waals surface area (Å²) < 4.78 is 5.75. The SMILES string of the molecule is CC(C)CC1(CCCOc2ccccc2)CNC1. The predicted molar refractivity (Wildman–Crippen MR) is 75.9 cm³/mol. The van der Waals surface area contributed by atoms with E-state index in [2.05, 4.69) is 19.2 Å². The highest BCUT2D eigenvalue weighted by molar-refractivity contribution is 5.20. The normalized spacial score (nSPS) is 17.5. The maximum absolute atomic E-state index is 5.75. The van der Waals surface area contributed by atoms with Crippen LogP contribution in [0.1, 0.15) is 33.1 Å². The molecule has 0 aliphatic carbocycles. The first-order valence-corrected chi connectivity index (χ1v) is 7.09. The van der Waals surface area contributed by atoms with E-state index < -0.39 is 0 Å². The van der Waals surface area contributed by atoms with Crippen molar-refractivity contribution >= 4 is 0 Å². The summed E-state index contributed by atoms with van der Waals surface area (Å²) in [5.74, 6) is 1.78. The molecule has 0 unspecified atom stereocenters. The zero-order chi connectivity index (χ0) is 12.8. The second-order valence-electron chi connectivity index (χ2n) is 5.97. The lowest BCUT2D eigenvalue weighted by molar-refractivity contribution is 0.107. The van der Waals surface area contributed by atoms with Crippen LogP contribution in [-0.4, -0.2) is 19.7 Å². The van der Waals surface area contributed by atoms with Crippen molar-refractivity contribution in [1.29, 1.82) is 0 Å². The zero-order valence-corrected chi connectivity index (χ0v) is 11.6. The Balaban J connectivity index is 1.68. The maximum Gasteiger partial charge on any atom is 0.119 e. The number of nitrogens with one attached hydrogen (secondary N) is 1. The molecule has 100 valence electrons.